The van der Waals surface area contributed by atoms with Crippen LogP contribution < -0.4 is 15.8 Å². The number of rotatable bonds is 5. The predicted octanol–water partition coefficient (Wildman–Crippen LogP) is 1.48. The first-order valence-corrected chi connectivity index (χ1v) is 6.04. The first kappa shape index (κ1) is 12.1. The molecule has 0 saturated heterocycles. The number of aromatic nitrogens is 2. The van der Waals surface area contributed by atoms with E-state index in [9.17, 15) is 0 Å². The van der Waals surface area contributed by atoms with E-state index in [1.54, 1.807) is 0 Å². The molecule has 0 spiro atoms. The third-order valence-corrected chi connectivity index (χ3v) is 2.81. The van der Waals surface area contributed by atoms with E-state index in [0.717, 1.165) is 18.5 Å². The monoisotopic (exact) mass is 236 g/mol. The quantitative estimate of drug-likeness (QED) is 0.810. The minimum Gasteiger partial charge on any atom is -0.475 e. The van der Waals surface area contributed by atoms with Gasteiger partial charge in [-0.05, 0) is 33.6 Å². The number of nitrogens with two attached hydrogens (primary N) is 1. The molecule has 94 valence electrons. The lowest BCUT2D eigenvalue weighted by molar-refractivity contribution is 0.232. The number of ether oxygens (including phenoxy) is 1. The number of aryl methyl sites for hydroxylation is 1. The molecule has 1 aromatic rings. The zero-order chi connectivity index (χ0) is 12.5. The summed E-state index contributed by atoms with van der Waals surface area (Å²) in [6.07, 6.45) is 2.28. The van der Waals surface area contributed by atoms with Crippen molar-refractivity contribution < 1.29 is 4.74 Å². The third kappa shape index (κ3) is 3.06. The summed E-state index contributed by atoms with van der Waals surface area (Å²) < 4.78 is 5.58. The summed E-state index contributed by atoms with van der Waals surface area (Å²) in [6.45, 7) is 6.51. The lowest BCUT2D eigenvalue weighted by Gasteiger charge is -2.16. The van der Waals surface area contributed by atoms with Gasteiger partial charge in [0.2, 0.25) is 11.8 Å². The highest BCUT2D eigenvalue weighted by Crippen LogP contribution is 2.37. The molecule has 1 aliphatic carbocycles. The van der Waals surface area contributed by atoms with E-state index >= 15 is 0 Å². The molecule has 1 fully saturated rings. The second kappa shape index (κ2) is 4.49. The lowest BCUT2D eigenvalue weighted by Crippen LogP contribution is -2.31. The number of hydrogen-bond donors (Lipinski definition) is 2. The number of anilines is 1. The van der Waals surface area contributed by atoms with Crippen molar-refractivity contribution in [1.82, 2.24) is 9.97 Å². The summed E-state index contributed by atoms with van der Waals surface area (Å²) in [6, 6.07) is 1.84. The van der Waals surface area contributed by atoms with E-state index in [2.05, 4.69) is 15.3 Å². The van der Waals surface area contributed by atoms with Gasteiger partial charge in [-0.25, -0.2) is 4.98 Å². The molecule has 0 bridgehead atoms. The fraction of sp³-hybridized carbons (Fsp3) is 0.667. The molecule has 1 saturated carbocycles. The standard InChI is InChI=1S/C12H20N4O/c1-8(2)17-10-6-9(3)14-11(15-10)16-12(7-13)4-5-12/h6,8H,4-5,7,13H2,1-3H3,(H,14,15,16). The van der Waals surface area contributed by atoms with Gasteiger partial charge >= 0.3 is 0 Å². The van der Waals surface area contributed by atoms with Crippen LogP contribution in [-0.4, -0.2) is 28.2 Å². The molecule has 0 aromatic carbocycles. The van der Waals surface area contributed by atoms with Crippen LogP contribution in [0, 0.1) is 6.92 Å². The van der Waals surface area contributed by atoms with Gasteiger partial charge in [0, 0.05) is 18.3 Å². The Bertz CT molecular complexity index is 401. The van der Waals surface area contributed by atoms with Crippen molar-refractivity contribution in [2.75, 3.05) is 11.9 Å². The highest BCUT2D eigenvalue weighted by atomic mass is 16.5. The zero-order valence-corrected chi connectivity index (χ0v) is 10.7. The normalized spacial score (nSPS) is 17.0. The van der Waals surface area contributed by atoms with Gasteiger partial charge in [-0.15, -0.1) is 0 Å². The Balaban J connectivity index is 2.14. The van der Waals surface area contributed by atoms with Gasteiger partial charge in [0.25, 0.3) is 0 Å². The summed E-state index contributed by atoms with van der Waals surface area (Å²) in [5.41, 5.74) is 6.64. The van der Waals surface area contributed by atoms with Crippen LogP contribution >= 0.6 is 0 Å². The Labute approximate surface area is 102 Å². The van der Waals surface area contributed by atoms with Gasteiger partial charge in [-0.3, -0.25) is 0 Å². The molecule has 1 heterocycles. The van der Waals surface area contributed by atoms with E-state index in [1.807, 2.05) is 26.8 Å². The van der Waals surface area contributed by atoms with Crippen LogP contribution in [0.5, 0.6) is 5.88 Å². The topological polar surface area (TPSA) is 73.1 Å². The number of nitrogens with zero attached hydrogens (tertiary/aromatic N) is 2. The fourth-order valence-corrected chi connectivity index (χ4v) is 1.67. The zero-order valence-electron chi connectivity index (χ0n) is 10.7. The molecule has 1 aromatic heterocycles. The maximum absolute atomic E-state index is 5.72. The van der Waals surface area contributed by atoms with Crippen molar-refractivity contribution in [3.05, 3.63) is 11.8 Å². The summed E-state index contributed by atoms with van der Waals surface area (Å²) in [7, 11) is 0. The molecule has 2 rings (SSSR count). The Morgan fingerprint density at radius 3 is 2.71 bits per heavy atom. The Hall–Kier alpha value is -1.36. The van der Waals surface area contributed by atoms with Gasteiger partial charge < -0.3 is 15.8 Å². The molecule has 17 heavy (non-hydrogen) atoms. The van der Waals surface area contributed by atoms with Crippen molar-refractivity contribution in [3.63, 3.8) is 0 Å². The van der Waals surface area contributed by atoms with E-state index in [-0.39, 0.29) is 11.6 Å². The first-order chi connectivity index (χ1) is 8.03. The Kier molecular flexibility index (Phi) is 3.19. The van der Waals surface area contributed by atoms with Crippen LogP contribution in [0.2, 0.25) is 0 Å². The van der Waals surface area contributed by atoms with Crippen molar-refractivity contribution in [2.45, 2.75) is 45.3 Å². The molecule has 0 radical (unpaired) electrons. The third-order valence-electron chi connectivity index (χ3n) is 2.81. The highest BCUT2D eigenvalue weighted by Gasteiger charge is 2.41. The van der Waals surface area contributed by atoms with E-state index in [1.165, 1.54) is 0 Å². The average molecular weight is 236 g/mol. The molecule has 0 aliphatic heterocycles. The smallest absolute Gasteiger partial charge is 0.226 e. The highest BCUT2D eigenvalue weighted by molar-refractivity contribution is 5.37. The fourth-order valence-electron chi connectivity index (χ4n) is 1.67. The second-order valence-corrected chi connectivity index (χ2v) is 4.95. The van der Waals surface area contributed by atoms with Crippen molar-refractivity contribution in [3.8, 4) is 5.88 Å². The maximum Gasteiger partial charge on any atom is 0.226 e. The molecule has 3 N–H and O–H groups in total. The summed E-state index contributed by atoms with van der Waals surface area (Å²) in [4.78, 5) is 8.70. The van der Waals surface area contributed by atoms with Crippen LogP contribution in [-0.2, 0) is 0 Å². The maximum atomic E-state index is 5.72. The molecule has 1 aliphatic rings. The van der Waals surface area contributed by atoms with Gasteiger partial charge in [-0.2, -0.15) is 4.98 Å². The lowest BCUT2D eigenvalue weighted by atomic mass is 10.3. The van der Waals surface area contributed by atoms with Crippen molar-refractivity contribution in [1.29, 1.82) is 0 Å². The summed E-state index contributed by atoms with van der Waals surface area (Å²) in [5, 5.41) is 3.31. The van der Waals surface area contributed by atoms with Crippen LogP contribution in [0.3, 0.4) is 0 Å². The van der Waals surface area contributed by atoms with Gasteiger partial charge in [0.15, 0.2) is 0 Å². The van der Waals surface area contributed by atoms with Crippen molar-refractivity contribution in [2.24, 2.45) is 5.73 Å². The second-order valence-electron chi connectivity index (χ2n) is 4.95. The van der Waals surface area contributed by atoms with Gasteiger partial charge in [-0.1, -0.05) is 0 Å². The summed E-state index contributed by atoms with van der Waals surface area (Å²) >= 11 is 0. The van der Waals surface area contributed by atoms with E-state index in [4.69, 9.17) is 10.5 Å². The SMILES string of the molecule is Cc1cc(OC(C)C)nc(NC2(CN)CC2)n1. The summed E-state index contributed by atoms with van der Waals surface area (Å²) in [5.74, 6) is 1.23. The van der Waals surface area contributed by atoms with E-state index in [0.29, 0.717) is 18.4 Å². The minimum atomic E-state index is 0.0168. The Morgan fingerprint density at radius 2 is 2.18 bits per heavy atom. The molecule has 0 atom stereocenters. The van der Waals surface area contributed by atoms with Gasteiger partial charge in [0.05, 0.1) is 11.6 Å². The predicted molar refractivity (Wildman–Crippen MR) is 67.2 cm³/mol. The Morgan fingerprint density at radius 1 is 1.47 bits per heavy atom. The average Bonchev–Trinajstić information content (AvgIpc) is 2.96. The van der Waals surface area contributed by atoms with Crippen molar-refractivity contribution >= 4 is 5.95 Å². The van der Waals surface area contributed by atoms with Crippen LogP contribution in [0.4, 0.5) is 5.95 Å². The first-order valence-electron chi connectivity index (χ1n) is 6.04. The van der Waals surface area contributed by atoms with Crippen LogP contribution in [0.15, 0.2) is 6.07 Å². The molecule has 0 unspecified atom stereocenters. The van der Waals surface area contributed by atoms with Crippen LogP contribution in [0.1, 0.15) is 32.4 Å². The number of hydrogen-bond acceptors (Lipinski definition) is 5. The number of nitrogens with one attached hydrogen (secondary N) is 1. The molecular weight excluding hydrogens is 216 g/mol. The van der Waals surface area contributed by atoms with Gasteiger partial charge in [0.1, 0.15) is 0 Å². The molecule has 0 amide bonds. The molecule has 5 heteroatoms. The molecular formula is C12H20N4O. The van der Waals surface area contributed by atoms with E-state index < -0.39 is 0 Å². The minimum absolute atomic E-state index is 0.0168. The van der Waals surface area contributed by atoms with Crippen LogP contribution in [0.25, 0.3) is 0 Å². The largest absolute Gasteiger partial charge is 0.475 e. The molecule has 5 nitrogen and oxygen atoms in total.